The summed E-state index contributed by atoms with van der Waals surface area (Å²) < 4.78 is 11.1. The summed E-state index contributed by atoms with van der Waals surface area (Å²) in [6.07, 6.45) is 0.843. The van der Waals surface area contributed by atoms with Gasteiger partial charge in [0.15, 0.2) is 11.5 Å². The first kappa shape index (κ1) is 11.6. The van der Waals surface area contributed by atoms with Crippen LogP contribution in [0.25, 0.3) is 11.3 Å². The van der Waals surface area contributed by atoms with Gasteiger partial charge in [-0.05, 0) is 24.3 Å². The molecule has 0 unspecified atom stereocenters. The van der Waals surface area contributed by atoms with Gasteiger partial charge in [-0.25, -0.2) is 4.79 Å². The van der Waals surface area contributed by atoms with Crippen LogP contribution in [-0.4, -0.2) is 34.5 Å². The molecular formula is C13H12N2O4. The van der Waals surface area contributed by atoms with Crippen molar-refractivity contribution in [1.82, 2.24) is 10.2 Å². The number of hydrogen-bond acceptors (Lipinski definition) is 4. The zero-order valence-corrected chi connectivity index (χ0v) is 10.0. The second-order valence-electron chi connectivity index (χ2n) is 4.18. The van der Waals surface area contributed by atoms with Crippen LogP contribution in [0.3, 0.4) is 0 Å². The minimum absolute atomic E-state index is 0.0575. The fourth-order valence-electron chi connectivity index (χ4n) is 1.90. The third-order valence-electron chi connectivity index (χ3n) is 2.85. The molecule has 0 bridgehead atoms. The van der Waals surface area contributed by atoms with Crippen LogP contribution in [0.5, 0.6) is 11.5 Å². The van der Waals surface area contributed by atoms with Gasteiger partial charge >= 0.3 is 5.97 Å². The summed E-state index contributed by atoms with van der Waals surface area (Å²) in [7, 11) is 0. The molecule has 0 radical (unpaired) electrons. The van der Waals surface area contributed by atoms with E-state index in [1.165, 1.54) is 6.07 Å². The van der Waals surface area contributed by atoms with Crippen LogP contribution in [0, 0.1) is 0 Å². The van der Waals surface area contributed by atoms with Gasteiger partial charge in [0.2, 0.25) is 0 Å². The first-order valence-electron chi connectivity index (χ1n) is 5.93. The van der Waals surface area contributed by atoms with Gasteiger partial charge in [-0.15, -0.1) is 0 Å². The standard InChI is InChI=1S/C13H12N2O4/c16-13(17)10-7-9(14-15-10)8-2-3-11-12(6-8)19-5-1-4-18-11/h2-3,6-7H,1,4-5H2,(H,14,15)(H,16,17). The Morgan fingerprint density at radius 1 is 1.21 bits per heavy atom. The molecule has 6 nitrogen and oxygen atoms in total. The normalized spacial score (nSPS) is 13.9. The summed E-state index contributed by atoms with van der Waals surface area (Å²) in [5, 5.41) is 15.3. The Morgan fingerprint density at radius 2 is 2.00 bits per heavy atom. The van der Waals surface area contributed by atoms with Crippen molar-refractivity contribution in [3.8, 4) is 22.8 Å². The average Bonchev–Trinajstić information content (AvgIpc) is 2.78. The van der Waals surface area contributed by atoms with E-state index < -0.39 is 5.97 Å². The monoisotopic (exact) mass is 260 g/mol. The molecule has 19 heavy (non-hydrogen) atoms. The maximum Gasteiger partial charge on any atom is 0.353 e. The smallest absolute Gasteiger partial charge is 0.353 e. The maximum absolute atomic E-state index is 10.8. The molecule has 3 rings (SSSR count). The van der Waals surface area contributed by atoms with Crippen molar-refractivity contribution in [2.75, 3.05) is 13.2 Å². The number of carboxylic acids is 1. The number of aromatic nitrogens is 2. The molecule has 0 amide bonds. The van der Waals surface area contributed by atoms with E-state index in [9.17, 15) is 4.79 Å². The lowest BCUT2D eigenvalue weighted by Crippen LogP contribution is -1.97. The van der Waals surface area contributed by atoms with Gasteiger partial charge in [0.25, 0.3) is 0 Å². The lowest BCUT2D eigenvalue weighted by Gasteiger charge is -2.07. The number of nitrogens with zero attached hydrogens (tertiary/aromatic N) is 1. The summed E-state index contributed by atoms with van der Waals surface area (Å²) >= 11 is 0. The highest BCUT2D eigenvalue weighted by atomic mass is 16.5. The molecule has 1 aromatic heterocycles. The highest BCUT2D eigenvalue weighted by Crippen LogP contribution is 2.33. The largest absolute Gasteiger partial charge is 0.490 e. The van der Waals surface area contributed by atoms with E-state index in [1.807, 2.05) is 18.2 Å². The van der Waals surface area contributed by atoms with Crippen molar-refractivity contribution in [3.05, 3.63) is 30.0 Å². The van der Waals surface area contributed by atoms with E-state index in [1.54, 1.807) is 0 Å². The molecule has 1 aromatic carbocycles. The van der Waals surface area contributed by atoms with Gasteiger partial charge in [-0.3, -0.25) is 5.10 Å². The topological polar surface area (TPSA) is 84.4 Å². The number of fused-ring (bicyclic) bond motifs is 1. The molecule has 6 heteroatoms. The van der Waals surface area contributed by atoms with Crippen molar-refractivity contribution >= 4 is 5.97 Å². The Morgan fingerprint density at radius 3 is 2.74 bits per heavy atom. The van der Waals surface area contributed by atoms with E-state index in [4.69, 9.17) is 14.6 Å². The molecule has 0 saturated carbocycles. The van der Waals surface area contributed by atoms with Crippen molar-refractivity contribution < 1.29 is 19.4 Å². The van der Waals surface area contributed by atoms with Crippen molar-refractivity contribution in [2.24, 2.45) is 0 Å². The number of aromatic carboxylic acids is 1. The number of ether oxygens (including phenoxy) is 2. The minimum Gasteiger partial charge on any atom is -0.490 e. The molecule has 98 valence electrons. The summed E-state index contributed by atoms with van der Waals surface area (Å²) in [5.74, 6) is 0.332. The Labute approximate surface area is 109 Å². The quantitative estimate of drug-likeness (QED) is 0.861. The second-order valence-corrected chi connectivity index (χ2v) is 4.18. The van der Waals surface area contributed by atoms with Crippen molar-refractivity contribution in [2.45, 2.75) is 6.42 Å². The number of carbonyl (C=O) groups is 1. The second kappa shape index (κ2) is 4.64. The molecule has 1 aliphatic heterocycles. The average molecular weight is 260 g/mol. The number of rotatable bonds is 2. The van der Waals surface area contributed by atoms with Crippen LogP contribution in [0.4, 0.5) is 0 Å². The molecule has 0 atom stereocenters. The Kier molecular flexibility index (Phi) is 2.83. The summed E-state index contributed by atoms with van der Waals surface area (Å²) in [4.78, 5) is 10.8. The third-order valence-corrected chi connectivity index (χ3v) is 2.85. The molecular weight excluding hydrogens is 248 g/mol. The van der Waals surface area contributed by atoms with E-state index >= 15 is 0 Å². The van der Waals surface area contributed by atoms with Gasteiger partial charge in [0, 0.05) is 12.0 Å². The number of hydrogen-bond donors (Lipinski definition) is 2. The van der Waals surface area contributed by atoms with Crippen molar-refractivity contribution in [1.29, 1.82) is 0 Å². The van der Waals surface area contributed by atoms with Crippen molar-refractivity contribution in [3.63, 3.8) is 0 Å². The van der Waals surface area contributed by atoms with Gasteiger partial charge in [0.05, 0.1) is 18.9 Å². The summed E-state index contributed by atoms with van der Waals surface area (Å²) in [6.45, 7) is 1.25. The Hall–Kier alpha value is -2.50. The van der Waals surface area contributed by atoms with Crippen LogP contribution in [0.2, 0.25) is 0 Å². The van der Waals surface area contributed by atoms with Gasteiger partial charge < -0.3 is 14.6 Å². The van der Waals surface area contributed by atoms with E-state index in [2.05, 4.69) is 10.2 Å². The summed E-state index contributed by atoms with van der Waals surface area (Å²) in [5.41, 5.74) is 1.41. The molecule has 0 aliphatic carbocycles. The fourth-order valence-corrected chi connectivity index (χ4v) is 1.90. The van der Waals surface area contributed by atoms with Crippen LogP contribution in [-0.2, 0) is 0 Å². The third kappa shape index (κ3) is 2.24. The number of benzene rings is 1. The zero-order chi connectivity index (χ0) is 13.2. The predicted molar refractivity (Wildman–Crippen MR) is 66.6 cm³/mol. The summed E-state index contributed by atoms with van der Waals surface area (Å²) in [6, 6.07) is 6.94. The van der Waals surface area contributed by atoms with Crippen LogP contribution in [0.15, 0.2) is 24.3 Å². The molecule has 0 saturated heterocycles. The van der Waals surface area contributed by atoms with E-state index in [0.717, 1.165) is 12.0 Å². The maximum atomic E-state index is 10.8. The minimum atomic E-state index is -1.03. The molecule has 1 aliphatic rings. The highest BCUT2D eigenvalue weighted by Gasteiger charge is 2.14. The van der Waals surface area contributed by atoms with Crippen LogP contribution >= 0.6 is 0 Å². The molecule has 2 heterocycles. The van der Waals surface area contributed by atoms with Gasteiger partial charge in [0.1, 0.15) is 5.69 Å². The fraction of sp³-hybridized carbons (Fsp3) is 0.231. The first-order chi connectivity index (χ1) is 9.24. The van der Waals surface area contributed by atoms with E-state index in [-0.39, 0.29) is 5.69 Å². The number of carboxylic acid groups (broad SMARTS) is 1. The van der Waals surface area contributed by atoms with Gasteiger partial charge in [-0.2, -0.15) is 5.10 Å². The van der Waals surface area contributed by atoms with Gasteiger partial charge in [-0.1, -0.05) is 0 Å². The zero-order valence-electron chi connectivity index (χ0n) is 10.0. The molecule has 0 fully saturated rings. The van der Waals surface area contributed by atoms with Crippen LogP contribution in [0.1, 0.15) is 16.9 Å². The SMILES string of the molecule is O=C(O)c1cc(-c2ccc3c(c2)OCCCO3)n[nH]1. The highest BCUT2D eigenvalue weighted by molar-refractivity contribution is 5.86. The lowest BCUT2D eigenvalue weighted by atomic mass is 10.1. The molecule has 2 N–H and O–H groups in total. The predicted octanol–water partition coefficient (Wildman–Crippen LogP) is 1.94. The molecule has 2 aromatic rings. The van der Waals surface area contributed by atoms with Crippen LogP contribution < -0.4 is 9.47 Å². The lowest BCUT2D eigenvalue weighted by molar-refractivity contribution is 0.0690. The Bertz CT molecular complexity index is 621. The Balaban J connectivity index is 1.96. The number of H-pyrrole nitrogens is 1. The number of nitrogens with one attached hydrogen (secondary N) is 1. The van der Waals surface area contributed by atoms with E-state index in [0.29, 0.717) is 30.4 Å². The number of aromatic amines is 1. The first-order valence-corrected chi connectivity index (χ1v) is 5.93. The molecule has 0 spiro atoms.